The van der Waals surface area contributed by atoms with Gasteiger partial charge in [0.2, 0.25) is 5.91 Å². The number of likely N-dealkylation sites (N-methyl/N-ethyl adjacent to an activating group) is 1. The molecule has 0 radical (unpaired) electrons. The maximum absolute atomic E-state index is 13.4. The van der Waals surface area contributed by atoms with Crippen molar-refractivity contribution >= 4 is 40.4 Å². The standard InChI is InChI=1S/C24H29ClN4O4/c1-3-12-33-24(32)28-10-11-29(20(14-28)22(30)26-2)23(31)15-8-9-17-19(13-15)27-18-7-5-4-6-16(18)21(17)25/h8-9,13,20H,3-7,10-12,14H2,1-2H3,(H,26,30). The van der Waals surface area contributed by atoms with Gasteiger partial charge in [0.25, 0.3) is 5.91 Å². The predicted octanol–water partition coefficient (Wildman–Crippen LogP) is 3.19. The van der Waals surface area contributed by atoms with Gasteiger partial charge in [0.1, 0.15) is 6.04 Å². The van der Waals surface area contributed by atoms with Crippen molar-refractivity contribution in [3.05, 3.63) is 40.0 Å². The van der Waals surface area contributed by atoms with E-state index in [1.165, 1.54) is 16.8 Å². The van der Waals surface area contributed by atoms with E-state index in [2.05, 4.69) is 5.32 Å². The Bertz CT molecular complexity index is 1090. The molecular formula is C24H29ClN4O4. The van der Waals surface area contributed by atoms with Crippen LogP contribution in [-0.4, -0.2) is 72.0 Å². The number of fused-ring (bicyclic) bond motifs is 2. The number of hydrogen-bond donors (Lipinski definition) is 1. The van der Waals surface area contributed by atoms with Crippen LogP contribution in [0, 0.1) is 0 Å². The summed E-state index contributed by atoms with van der Waals surface area (Å²) < 4.78 is 5.21. The van der Waals surface area contributed by atoms with Gasteiger partial charge in [0, 0.05) is 36.8 Å². The van der Waals surface area contributed by atoms with Gasteiger partial charge in [-0.1, -0.05) is 24.6 Å². The van der Waals surface area contributed by atoms with Crippen molar-refractivity contribution in [2.75, 3.05) is 33.3 Å². The Morgan fingerprint density at radius 3 is 2.76 bits per heavy atom. The Hall–Kier alpha value is -2.87. The lowest BCUT2D eigenvalue weighted by atomic mass is 9.94. The van der Waals surface area contributed by atoms with Gasteiger partial charge in [-0.05, 0) is 49.8 Å². The number of aromatic nitrogens is 1. The lowest BCUT2D eigenvalue weighted by Gasteiger charge is -2.39. The number of hydrogen-bond acceptors (Lipinski definition) is 5. The Balaban J connectivity index is 1.60. The van der Waals surface area contributed by atoms with Gasteiger partial charge in [-0.25, -0.2) is 4.79 Å². The molecule has 1 atom stereocenters. The van der Waals surface area contributed by atoms with E-state index >= 15 is 0 Å². The SMILES string of the molecule is CCCOC(=O)N1CCN(C(=O)c2ccc3c(Cl)c4c(nc3c2)CCCC4)C(C(=O)NC)C1. The van der Waals surface area contributed by atoms with E-state index < -0.39 is 12.1 Å². The molecule has 0 saturated carbocycles. The fraction of sp³-hybridized carbons (Fsp3) is 0.500. The first-order valence-electron chi connectivity index (χ1n) is 11.5. The summed E-state index contributed by atoms with van der Waals surface area (Å²) in [5.41, 5.74) is 3.24. The highest BCUT2D eigenvalue weighted by molar-refractivity contribution is 6.36. The number of ether oxygens (including phenoxy) is 1. The fourth-order valence-corrected chi connectivity index (χ4v) is 4.89. The summed E-state index contributed by atoms with van der Waals surface area (Å²) in [6.45, 7) is 2.85. The number of pyridine rings is 1. The molecular weight excluding hydrogens is 444 g/mol. The maximum atomic E-state index is 13.4. The molecule has 176 valence electrons. The minimum absolute atomic E-state index is 0.0825. The number of piperazine rings is 1. The van der Waals surface area contributed by atoms with Gasteiger partial charge in [-0.15, -0.1) is 0 Å². The van der Waals surface area contributed by atoms with E-state index in [4.69, 9.17) is 21.3 Å². The van der Waals surface area contributed by atoms with Gasteiger partial charge in [-0.2, -0.15) is 0 Å². The maximum Gasteiger partial charge on any atom is 0.409 e. The third-order valence-corrected chi connectivity index (χ3v) is 6.75. The average Bonchev–Trinajstić information content (AvgIpc) is 2.85. The Morgan fingerprint density at radius 1 is 1.21 bits per heavy atom. The number of carbonyl (C=O) groups excluding carboxylic acids is 3. The first-order chi connectivity index (χ1) is 15.9. The number of rotatable bonds is 4. The molecule has 1 unspecified atom stereocenters. The first-order valence-corrected chi connectivity index (χ1v) is 11.9. The molecule has 0 spiro atoms. The van der Waals surface area contributed by atoms with Crippen molar-refractivity contribution in [2.45, 2.75) is 45.1 Å². The number of nitrogens with one attached hydrogen (secondary N) is 1. The summed E-state index contributed by atoms with van der Waals surface area (Å²) in [6, 6.07) is 4.51. The molecule has 9 heteroatoms. The summed E-state index contributed by atoms with van der Waals surface area (Å²) in [6.07, 6.45) is 4.25. The molecule has 1 aliphatic carbocycles. The first kappa shape index (κ1) is 23.3. The molecule has 2 heterocycles. The normalized spacial score (nSPS) is 18.1. The van der Waals surface area contributed by atoms with E-state index in [1.54, 1.807) is 12.1 Å². The minimum Gasteiger partial charge on any atom is -0.449 e. The van der Waals surface area contributed by atoms with Crippen LogP contribution in [0.4, 0.5) is 4.79 Å². The Labute approximate surface area is 198 Å². The quantitative estimate of drug-likeness (QED) is 0.737. The molecule has 1 saturated heterocycles. The third-order valence-electron chi connectivity index (χ3n) is 6.32. The topological polar surface area (TPSA) is 91.8 Å². The molecule has 0 bridgehead atoms. The molecule has 8 nitrogen and oxygen atoms in total. The van der Waals surface area contributed by atoms with Crippen LogP contribution in [0.2, 0.25) is 5.02 Å². The van der Waals surface area contributed by atoms with E-state index in [9.17, 15) is 14.4 Å². The zero-order chi connectivity index (χ0) is 23.5. The largest absolute Gasteiger partial charge is 0.449 e. The van der Waals surface area contributed by atoms with Crippen molar-refractivity contribution in [3.8, 4) is 0 Å². The van der Waals surface area contributed by atoms with Crippen molar-refractivity contribution in [1.29, 1.82) is 0 Å². The monoisotopic (exact) mass is 472 g/mol. The van der Waals surface area contributed by atoms with Crippen molar-refractivity contribution in [3.63, 3.8) is 0 Å². The van der Waals surface area contributed by atoms with Gasteiger partial charge >= 0.3 is 6.09 Å². The van der Waals surface area contributed by atoms with Gasteiger partial charge in [-0.3, -0.25) is 14.6 Å². The zero-order valence-electron chi connectivity index (χ0n) is 19.0. The molecule has 3 amide bonds. The molecule has 4 rings (SSSR count). The second kappa shape index (κ2) is 9.95. The molecule has 2 aromatic rings. The van der Waals surface area contributed by atoms with Crippen molar-refractivity contribution < 1.29 is 19.1 Å². The van der Waals surface area contributed by atoms with Crippen LogP contribution in [0.25, 0.3) is 10.9 Å². The smallest absolute Gasteiger partial charge is 0.409 e. The van der Waals surface area contributed by atoms with Crippen molar-refractivity contribution in [1.82, 2.24) is 20.1 Å². The van der Waals surface area contributed by atoms with Crippen LogP contribution in [0.5, 0.6) is 0 Å². The number of aryl methyl sites for hydroxylation is 1. The molecule has 1 aliphatic heterocycles. The van der Waals surface area contributed by atoms with Crippen LogP contribution < -0.4 is 5.32 Å². The number of carbonyl (C=O) groups is 3. The van der Waals surface area contributed by atoms with E-state index in [0.29, 0.717) is 30.7 Å². The van der Waals surface area contributed by atoms with Crippen LogP contribution in [0.3, 0.4) is 0 Å². The fourth-order valence-electron chi connectivity index (χ4n) is 4.53. The summed E-state index contributed by atoms with van der Waals surface area (Å²) in [5, 5.41) is 4.16. The van der Waals surface area contributed by atoms with Crippen LogP contribution in [0.1, 0.15) is 47.8 Å². The van der Waals surface area contributed by atoms with Crippen molar-refractivity contribution in [2.24, 2.45) is 0 Å². The van der Waals surface area contributed by atoms with E-state index in [1.807, 2.05) is 13.0 Å². The van der Waals surface area contributed by atoms with E-state index in [0.717, 1.165) is 47.3 Å². The average molecular weight is 473 g/mol. The van der Waals surface area contributed by atoms with Crippen LogP contribution >= 0.6 is 11.6 Å². The van der Waals surface area contributed by atoms with Crippen LogP contribution in [0.15, 0.2) is 18.2 Å². The third kappa shape index (κ3) is 4.62. The van der Waals surface area contributed by atoms with E-state index in [-0.39, 0.29) is 24.9 Å². The molecule has 33 heavy (non-hydrogen) atoms. The second-order valence-electron chi connectivity index (χ2n) is 8.48. The zero-order valence-corrected chi connectivity index (χ0v) is 19.8. The van der Waals surface area contributed by atoms with Crippen LogP contribution in [-0.2, 0) is 22.4 Å². The number of nitrogens with zero attached hydrogens (tertiary/aromatic N) is 3. The van der Waals surface area contributed by atoms with Gasteiger partial charge in [0.05, 0.1) is 23.7 Å². The molecule has 1 aromatic carbocycles. The molecule has 2 aliphatic rings. The molecule has 1 N–H and O–H groups in total. The summed E-state index contributed by atoms with van der Waals surface area (Å²) in [4.78, 5) is 46.1. The minimum atomic E-state index is -0.804. The highest BCUT2D eigenvalue weighted by Crippen LogP contribution is 2.33. The summed E-state index contributed by atoms with van der Waals surface area (Å²) in [7, 11) is 1.52. The lowest BCUT2D eigenvalue weighted by Crippen LogP contribution is -2.61. The highest BCUT2D eigenvalue weighted by Gasteiger charge is 2.37. The predicted molar refractivity (Wildman–Crippen MR) is 125 cm³/mol. The summed E-state index contributed by atoms with van der Waals surface area (Å²) >= 11 is 6.67. The Kier molecular flexibility index (Phi) is 7.02. The number of amides is 3. The molecule has 1 aromatic heterocycles. The van der Waals surface area contributed by atoms with Gasteiger partial charge in [0.15, 0.2) is 0 Å². The Morgan fingerprint density at radius 2 is 2.00 bits per heavy atom. The highest BCUT2D eigenvalue weighted by atomic mass is 35.5. The number of halogens is 1. The summed E-state index contributed by atoms with van der Waals surface area (Å²) in [5.74, 6) is -0.602. The lowest BCUT2D eigenvalue weighted by molar-refractivity contribution is -0.126. The second-order valence-corrected chi connectivity index (χ2v) is 8.86. The molecule has 1 fully saturated rings. The van der Waals surface area contributed by atoms with Gasteiger partial charge < -0.3 is 19.9 Å². The number of benzene rings is 1.